The number of benzene rings is 1. The number of imidazole rings is 1. The van der Waals surface area contributed by atoms with Crippen molar-refractivity contribution in [3.05, 3.63) is 57.9 Å². The molecule has 1 N–H and O–H groups in total. The average molecular weight is 358 g/mol. The van der Waals surface area contributed by atoms with Crippen LogP contribution in [0, 0.1) is 36.8 Å². The maximum Gasteiger partial charge on any atom is 0.266 e. The van der Waals surface area contributed by atoms with Gasteiger partial charge in [-0.05, 0) is 32.1 Å². The first-order valence-electron chi connectivity index (χ1n) is 7.22. The number of anilines is 1. The number of aryl methyl sites for hydroxylation is 2. The van der Waals surface area contributed by atoms with Crippen molar-refractivity contribution in [1.29, 1.82) is 5.26 Å². The fourth-order valence-electron chi connectivity index (χ4n) is 2.32. The number of halogens is 2. The molecule has 0 spiro atoms. The topological polar surface area (TPSA) is 70.2 Å². The highest BCUT2D eigenvalue weighted by molar-refractivity contribution is 7.17. The molecule has 0 aliphatic heterocycles. The molecule has 1 amide bonds. The van der Waals surface area contributed by atoms with Gasteiger partial charge in [0.1, 0.15) is 23.3 Å². The molecule has 3 rings (SSSR count). The second-order valence-electron chi connectivity index (χ2n) is 5.32. The fourth-order valence-corrected chi connectivity index (χ4v) is 3.20. The van der Waals surface area contributed by atoms with Crippen LogP contribution in [0.4, 0.5) is 14.5 Å². The highest BCUT2D eigenvalue weighted by atomic mass is 32.1. The molecule has 0 bridgehead atoms. The normalized spacial score (nSPS) is 11.6. The number of nitrogens with zero attached hydrogens (tertiary/aromatic N) is 3. The molecule has 5 nitrogen and oxygen atoms in total. The van der Waals surface area contributed by atoms with Gasteiger partial charge in [0.2, 0.25) is 0 Å². The van der Waals surface area contributed by atoms with Gasteiger partial charge in [0.25, 0.3) is 5.91 Å². The second-order valence-corrected chi connectivity index (χ2v) is 6.54. The molecule has 0 atom stereocenters. The van der Waals surface area contributed by atoms with E-state index in [1.54, 1.807) is 17.4 Å². The molecule has 0 unspecified atom stereocenters. The smallest absolute Gasteiger partial charge is 0.266 e. The number of hydrogen-bond acceptors (Lipinski definition) is 4. The number of amides is 1. The van der Waals surface area contributed by atoms with E-state index in [9.17, 15) is 18.8 Å². The summed E-state index contributed by atoms with van der Waals surface area (Å²) in [6.45, 7) is 3.70. The summed E-state index contributed by atoms with van der Waals surface area (Å²) in [6.07, 6.45) is 3.26. The van der Waals surface area contributed by atoms with E-state index in [0.717, 1.165) is 22.0 Å². The maximum absolute atomic E-state index is 13.7. The number of fused-ring (bicyclic) bond motifs is 1. The van der Waals surface area contributed by atoms with Crippen molar-refractivity contribution in [3.63, 3.8) is 0 Å². The van der Waals surface area contributed by atoms with Crippen molar-refractivity contribution in [2.45, 2.75) is 13.8 Å². The zero-order valence-corrected chi connectivity index (χ0v) is 14.1. The van der Waals surface area contributed by atoms with Crippen LogP contribution < -0.4 is 5.32 Å². The number of carbonyl (C=O) groups excluding carboxylic acids is 1. The third-order valence-corrected chi connectivity index (χ3v) is 4.39. The van der Waals surface area contributed by atoms with Crippen LogP contribution in [0.1, 0.15) is 16.3 Å². The van der Waals surface area contributed by atoms with Gasteiger partial charge in [-0.25, -0.2) is 13.8 Å². The molecule has 0 saturated heterocycles. The Morgan fingerprint density at radius 1 is 1.40 bits per heavy atom. The largest absolute Gasteiger partial charge is 0.319 e. The van der Waals surface area contributed by atoms with Crippen LogP contribution in [0.25, 0.3) is 11.0 Å². The molecule has 0 radical (unpaired) electrons. The molecule has 0 fully saturated rings. The van der Waals surface area contributed by atoms with Gasteiger partial charge in [-0.2, -0.15) is 5.26 Å². The Morgan fingerprint density at radius 3 is 2.84 bits per heavy atom. The number of nitriles is 1. The average Bonchev–Trinajstić information content (AvgIpc) is 3.03. The third kappa shape index (κ3) is 3.27. The van der Waals surface area contributed by atoms with Gasteiger partial charge in [0.05, 0.1) is 17.1 Å². The number of aromatic nitrogens is 2. The quantitative estimate of drug-likeness (QED) is 0.571. The number of thiazole rings is 1. The lowest BCUT2D eigenvalue weighted by Crippen LogP contribution is -2.14. The van der Waals surface area contributed by atoms with Crippen LogP contribution in [0.3, 0.4) is 0 Å². The molecule has 0 aliphatic rings. The summed E-state index contributed by atoms with van der Waals surface area (Å²) < 4.78 is 28.4. The minimum Gasteiger partial charge on any atom is -0.319 e. The van der Waals surface area contributed by atoms with E-state index in [2.05, 4.69) is 10.3 Å². The van der Waals surface area contributed by atoms with Gasteiger partial charge in [-0.1, -0.05) is 0 Å². The SMILES string of the molecule is Cc1cn2c(/C=C(\C#N)C(=O)Nc3ccc(F)cc3F)c(C)nc2s1. The van der Waals surface area contributed by atoms with Gasteiger partial charge < -0.3 is 5.32 Å². The van der Waals surface area contributed by atoms with Crippen molar-refractivity contribution < 1.29 is 13.6 Å². The zero-order valence-electron chi connectivity index (χ0n) is 13.3. The monoisotopic (exact) mass is 358 g/mol. The van der Waals surface area contributed by atoms with Gasteiger partial charge in [0, 0.05) is 17.1 Å². The number of hydrogen-bond donors (Lipinski definition) is 1. The van der Waals surface area contributed by atoms with Crippen molar-refractivity contribution >= 4 is 34.0 Å². The van der Waals surface area contributed by atoms with Crippen LogP contribution in [0.15, 0.2) is 30.0 Å². The molecule has 3 aromatic rings. The van der Waals surface area contributed by atoms with Crippen LogP contribution in [-0.2, 0) is 4.79 Å². The fraction of sp³-hybridized carbons (Fsp3) is 0.118. The Kier molecular flexibility index (Phi) is 4.33. The Bertz CT molecular complexity index is 1060. The molecule has 25 heavy (non-hydrogen) atoms. The molecule has 2 heterocycles. The van der Waals surface area contributed by atoms with Crippen LogP contribution in [-0.4, -0.2) is 15.3 Å². The summed E-state index contributed by atoms with van der Waals surface area (Å²) in [5.74, 6) is -2.45. The summed E-state index contributed by atoms with van der Waals surface area (Å²) in [5, 5.41) is 11.6. The molecule has 0 saturated carbocycles. The van der Waals surface area contributed by atoms with Gasteiger partial charge in [0.15, 0.2) is 4.96 Å². The van der Waals surface area contributed by atoms with Crippen molar-refractivity contribution in [3.8, 4) is 6.07 Å². The third-order valence-electron chi connectivity index (χ3n) is 3.49. The highest BCUT2D eigenvalue weighted by Crippen LogP contribution is 2.23. The molecule has 0 aliphatic carbocycles. The van der Waals surface area contributed by atoms with Crippen LogP contribution in [0.5, 0.6) is 0 Å². The van der Waals surface area contributed by atoms with Crippen LogP contribution in [0.2, 0.25) is 0 Å². The predicted molar refractivity (Wildman–Crippen MR) is 91.1 cm³/mol. The first-order valence-corrected chi connectivity index (χ1v) is 8.04. The van der Waals surface area contributed by atoms with E-state index < -0.39 is 17.5 Å². The van der Waals surface area contributed by atoms with Gasteiger partial charge >= 0.3 is 0 Å². The summed E-state index contributed by atoms with van der Waals surface area (Å²) in [6, 6.07) is 4.58. The predicted octanol–water partition coefficient (Wildman–Crippen LogP) is 3.84. The van der Waals surface area contributed by atoms with Gasteiger partial charge in [-0.3, -0.25) is 9.20 Å². The minimum atomic E-state index is -0.915. The van der Waals surface area contributed by atoms with E-state index in [-0.39, 0.29) is 11.3 Å². The second kappa shape index (κ2) is 6.45. The Hall–Kier alpha value is -3.05. The van der Waals surface area contributed by atoms with E-state index in [1.807, 2.05) is 13.1 Å². The summed E-state index contributed by atoms with van der Waals surface area (Å²) >= 11 is 1.49. The number of nitrogens with one attached hydrogen (secondary N) is 1. The standard InChI is InChI=1S/C17H12F2N4OS/c1-9-8-23-15(10(2)21-17(23)25-9)5-11(7-20)16(24)22-14-4-3-12(18)6-13(14)19/h3-6,8H,1-2H3,(H,22,24)/b11-5+. The lowest BCUT2D eigenvalue weighted by molar-refractivity contribution is -0.112. The zero-order chi connectivity index (χ0) is 18.1. The summed E-state index contributed by atoms with van der Waals surface area (Å²) in [5.41, 5.74) is 0.858. The van der Waals surface area contributed by atoms with E-state index in [1.165, 1.54) is 17.4 Å². The van der Waals surface area contributed by atoms with E-state index in [4.69, 9.17) is 0 Å². The lowest BCUT2D eigenvalue weighted by atomic mass is 10.2. The lowest BCUT2D eigenvalue weighted by Gasteiger charge is -2.05. The maximum atomic E-state index is 13.7. The highest BCUT2D eigenvalue weighted by Gasteiger charge is 2.16. The van der Waals surface area contributed by atoms with E-state index in [0.29, 0.717) is 17.5 Å². The van der Waals surface area contributed by atoms with Gasteiger partial charge in [-0.15, -0.1) is 11.3 Å². The minimum absolute atomic E-state index is 0.200. The first-order chi connectivity index (χ1) is 11.9. The molecule has 1 aromatic carbocycles. The molecular weight excluding hydrogens is 346 g/mol. The van der Waals surface area contributed by atoms with Crippen molar-refractivity contribution in [2.24, 2.45) is 0 Å². The summed E-state index contributed by atoms with van der Waals surface area (Å²) in [7, 11) is 0. The van der Waals surface area contributed by atoms with Crippen molar-refractivity contribution in [1.82, 2.24) is 9.38 Å². The molecule has 126 valence electrons. The van der Waals surface area contributed by atoms with Crippen molar-refractivity contribution in [2.75, 3.05) is 5.32 Å². The number of rotatable bonds is 3. The van der Waals surface area contributed by atoms with E-state index >= 15 is 0 Å². The first kappa shape index (κ1) is 16.8. The Labute approximate surface area is 145 Å². The van der Waals surface area contributed by atoms with Crippen LogP contribution >= 0.6 is 11.3 Å². The Balaban J connectivity index is 1.95. The Morgan fingerprint density at radius 2 is 2.16 bits per heavy atom. The number of carbonyl (C=O) groups is 1. The molecular formula is C17H12F2N4OS. The summed E-state index contributed by atoms with van der Waals surface area (Å²) in [4.78, 5) is 18.4. The molecule has 2 aromatic heterocycles. The molecule has 8 heteroatoms.